The van der Waals surface area contributed by atoms with Gasteiger partial charge in [-0.2, -0.15) is 0 Å². The highest BCUT2D eigenvalue weighted by molar-refractivity contribution is 14.1. The summed E-state index contributed by atoms with van der Waals surface area (Å²) in [5.41, 5.74) is 1.78. The number of aliphatic hydroxyl groups is 1. The third-order valence-electron chi connectivity index (χ3n) is 3.19. The lowest BCUT2D eigenvalue weighted by Crippen LogP contribution is -2.01. The molecule has 1 atom stereocenters. The number of benzene rings is 2. The minimum Gasteiger partial charge on any atom is -0.490 e. The van der Waals surface area contributed by atoms with Crippen molar-refractivity contribution in [2.24, 2.45) is 0 Å². The van der Waals surface area contributed by atoms with Crippen LogP contribution < -0.4 is 4.74 Å². The fraction of sp³-hybridized carbons (Fsp3) is 0.250. The molecule has 1 saturated carbocycles. The van der Waals surface area contributed by atoms with Crippen LogP contribution in [0.5, 0.6) is 5.75 Å². The van der Waals surface area contributed by atoms with Gasteiger partial charge < -0.3 is 9.84 Å². The van der Waals surface area contributed by atoms with Crippen LogP contribution in [0.1, 0.15) is 30.1 Å². The molecule has 0 aliphatic heterocycles. The SMILES string of the molecule is OC(c1ccc(I)cc1)c1cccc(OC2CC2)c1. The third kappa shape index (κ3) is 3.28. The number of hydrogen-bond acceptors (Lipinski definition) is 2. The molecule has 3 rings (SSSR count). The zero-order valence-corrected chi connectivity index (χ0v) is 12.6. The normalized spacial score (nSPS) is 16.1. The molecule has 1 N–H and O–H groups in total. The highest BCUT2D eigenvalue weighted by Crippen LogP contribution is 2.30. The van der Waals surface area contributed by atoms with E-state index in [4.69, 9.17) is 4.74 Å². The molecule has 1 fully saturated rings. The number of aliphatic hydroxyl groups excluding tert-OH is 1. The smallest absolute Gasteiger partial charge is 0.120 e. The minimum absolute atomic E-state index is 0.380. The van der Waals surface area contributed by atoms with E-state index in [-0.39, 0.29) is 0 Å². The van der Waals surface area contributed by atoms with Crippen molar-refractivity contribution in [3.63, 3.8) is 0 Å². The number of hydrogen-bond donors (Lipinski definition) is 1. The van der Waals surface area contributed by atoms with E-state index in [9.17, 15) is 5.11 Å². The van der Waals surface area contributed by atoms with E-state index in [2.05, 4.69) is 22.6 Å². The van der Waals surface area contributed by atoms with Crippen molar-refractivity contribution in [1.82, 2.24) is 0 Å². The van der Waals surface area contributed by atoms with Crippen LogP contribution in [0.4, 0.5) is 0 Å². The molecule has 0 spiro atoms. The van der Waals surface area contributed by atoms with Gasteiger partial charge in [0.25, 0.3) is 0 Å². The van der Waals surface area contributed by atoms with E-state index in [0.29, 0.717) is 6.10 Å². The first-order chi connectivity index (χ1) is 9.22. The summed E-state index contributed by atoms with van der Waals surface area (Å²) in [4.78, 5) is 0. The minimum atomic E-state index is -0.597. The number of rotatable bonds is 4. The standard InChI is InChI=1S/C16H15IO2/c17-13-6-4-11(5-7-13)16(18)12-2-1-3-15(10-12)19-14-8-9-14/h1-7,10,14,16,18H,8-9H2. The molecule has 0 saturated heterocycles. The van der Waals surface area contributed by atoms with E-state index in [1.165, 1.54) is 3.57 Å². The second kappa shape index (κ2) is 5.51. The molecule has 1 aliphatic rings. The fourth-order valence-electron chi connectivity index (χ4n) is 1.97. The van der Waals surface area contributed by atoms with Gasteiger partial charge in [0.15, 0.2) is 0 Å². The molecule has 2 nitrogen and oxygen atoms in total. The Morgan fingerprint density at radius 1 is 1.05 bits per heavy atom. The highest BCUT2D eigenvalue weighted by Gasteiger charge is 2.23. The summed E-state index contributed by atoms with van der Waals surface area (Å²) in [6, 6.07) is 15.7. The largest absolute Gasteiger partial charge is 0.490 e. The van der Waals surface area contributed by atoms with E-state index < -0.39 is 6.10 Å². The van der Waals surface area contributed by atoms with Gasteiger partial charge in [0.1, 0.15) is 11.9 Å². The Hall–Kier alpha value is -1.07. The van der Waals surface area contributed by atoms with Crippen LogP contribution in [0, 0.1) is 3.57 Å². The predicted octanol–water partition coefficient (Wildman–Crippen LogP) is 3.91. The Bertz CT molecular complexity index is 561. The molecule has 0 radical (unpaired) electrons. The summed E-state index contributed by atoms with van der Waals surface area (Å²) in [7, 11) is 0. The fourth-order valence-corrected chi connectivity index (χ4v) is 2.33. The number of ether oxygens (including phenoxy) is 1. The maximum atomic E-state index is 10.4. The van der Waals surface area contributed by atoms with Crippen LogP contribution in [0.25, 0.3) is 0 Å². The maximum absolute atomic E-state index is 10.4. The lowest BCUT2D eigenvalue weighted by atomic mass is 10.0. The molecule has 1 aliphatic carbocycles. The Labute approximate surface area is 126 Å². The van der Waals surface area contributed by atoms with Crippen molar-refractivity contribution < 1.29 is 9.84 Å². The average molecular weight is 366 g/mol. The Balaban J connectivity index is 1.81. The quantitative estimate of drug-likeness (QED) is 0.832. The summed E-state index contributed by atoms with van der Waals surface area (Å²) in [5, 5.41) is 10.4. The van der Waals surface area contributed by atoms with Crippen LogP contribution in [0.15, 0.2) is 48.5 Å². The van der Waals surface area contributed by atoms with Crippen molar-refractivity contribution in [1.29, 1.82) is 0 Å². The molecule has 2 aromatic carbocycles. The van der Waals surface area contributed by atoms with Gasteiger partial charge in [-0.15, -0.1) is 0 Å². The Morgan fingerprint density at radius 2 is 1.79 bits per heavy atom. The second-order valence-electron chi connectivity index (χ2n) is 4.84. The van der Waals surface area contributed by atoms with Crippen molar-refractivity contribution in [3.8, 4) is 5.75 Å². The van der Waals surface area contributed by atoms with Crippen LogP contribution in [-0.4, -0.2) is 11.2 Å². The summed E-state index contributed by atoms with van der Waals surface area (Å²) < 4.78 is 6.92. The van der Waals surface area contributed by atoms with E-state index in [0.717, 1.165) is 29.7 Å². The lowest BCUT2D eigenvalue weighted by Gasteiger charge is -2.13. The molecule has 0 heterocycles. The van der Waals surface area contributed by atoms with Crippen LogP contribution >= 0.6 is 22.6 Å². The third-order valence-corrected chi connectivity index (χ3v) is 3.91. The molecule has 3 heteroatoms. The van der Waals surface area contributed by atoms with E-state index in [1.54, 1.807) is 0 Å². The topological polar surface area (TPSA) is 29.5 Å². The zero-order chi connectivity index (χ0) is 13.2. The molecule has 2 aromatic rings. The molecular formula is C16H15IO2. The van der Waals surface area contributed by atoms with E-state index in [1.807, 2.05) is 48.5 Å². The van der Waals surface area contributed by atoms with Crippen LogP contribution in [0.2, 0.25) is 0 Å². The monoisotopic (exact) mass is 366 g/mol. The molecule has 19 heavy (non-hydrogen) atoms. The molecule has 1 unspecified atom stereocenters. The number of halogens is 1. The molecule has 0 aromatic heterocycles. The van der Waals surface area contributed by atoms with Gasteiger partial charge in [-0.05, 0) is 70.8 Å². The van der Waals surface area contributed by atoms with Crippen LogP contribution in [0.3, 0.4) is 0 Å². The Morgan fingerprint density at radius 3 is 2.47 bits per heavy atom. The van der Waals surface area contributed by atoms with Crippen LogP contribution in [-0.2, 0) is 0 Å². The van der Waals surface area contributed by atoms with E-state index >= 15 is 0 Å². The summed E-state index contributed by atoms with van der Waals surface area (Å²) >= 11 is 2.26. The van der Waals surface area contributed by atoms with Gasteiger partial charge in [0, 0.05) is 3.57 Å². The molecule has 98 valence electrons. The van der Waals surface area contributed by atoms with Gasteiger partial charge in [0.2, 0.25) is 0 Å². The van der Waals surface area contributed by atoms with Gasteiger partial charge >= 0.3 is 0 Å². The zero-order valence-electron chi connectivity index (χ0n) is 10.4. The second-order valence-corrected chi connectivity index (χ2v) is 6.09. The summed E-state index contributed by atoms with van der Waals surface area (Å²) in [6.07, 6.45) is 2.07. The van der Waals surface area contributed by atoms with Gasteiger partial charge in [0.05, 0.1) is 6.10 Å². The van der Waals surface area contributed by atoms with Gasteiger partial charge in [-0.1, -0.05) is 24.3 Å². The predicted molar refractivity (Wildman–Crippen MR) is 83.3 cm³/mol. The van der Waals surface area contributed by atoms with Crippen molar-refractivity contribution in [2.45, 2.75) is 25.0 Å². The maximum Gasteiger partial charge on any atom is 0.120 e. The lowest BCUT2D eigenvalue weighted by molar-refractivity contribution is 0.219. The van der Waals surface area contributed by atoms with Gasteiger partial charge in [-0.25, -0.2) is 0 Å². The van der Waals surface area contributed by atoms with Crippen molar-refractivity contribution >= 4 is 22.6 Å². The molecule has 0 bridgehead atoms. The van der Waals surface area contributed by atoms with Gasteiger partial charge in [-0.3, -0.25) is 0 Å². The first-order valence-electron chi connectivity index (χ1n) is 6.42. The highest BCUT2D eigenvalue weighted by atomic mass is 127. The summed E-state index contributed by atoms with van der Waals surface area (Å²) in [6.45, 7) is 0. The van der Waals surface area contributed by atoms with Crippen molar-refractivity contribution in [2.75, 3.05) is 0 Å². The Kier molecular flexibility index (Phi) is 3.75. The van der Waals surface area contributed by atoms with Crippen molar-refractivity contribution in [3.05, 3.63) is 63.2 Å². The molecule has 0 amide bonds. The first kappa shape index (κ1) is 12.9. The average Bonchev–Trinajstić information content (AvgIpc) is 3.23. The summed E-state index contributed by atoms with van der Waals surface area (Å²) in [5.74, 6) is 0.851. The first-order valence-corrected chi connectivity index (χ1v) is 7.50. The molecular weight excluding hydrogens is 351 g/mol.